The monoisotopic (exact) mass is 568 g/mol. The number of hydrogen-bond acceptors (Lipinski definition) is 3. The average Bonchev–Trinajstić information content (AvgIpc) is 3.41. The summed E-state index contributed by atoms with van der Waals surface area (Å²) in [6.07, 6.45) is 4.58. The molecule has 0 bridgehead atoms. The Hall–Kier alpha value is -2.47. The van der Waals surface area contributed by atoms with Gasteiger partial charge in [-0.25, -0.2) is 0 Å². The van der Waals surface area contributed by atoms with Gasteiger partial charge < -0.3 is 10.2 Å². The fourth-order valence-corrected chi connectivity index (χ4v) is 6.29. The number of halogens is 2. The molecule has 1 aliphatic rings. The lowest BCUT2D eigenvalue weighted by molar-refractivity contribution is -0.139. The molecule has 38 heavy (non-hydrogen) atoms. The first-order valence-corrected chi connectivity index (χ1v) is 15.0. The number of benzene rings is 3. The number of carbonyl (C=O) groups is 2. The second kappa shape index (κ2) is 14.1. The van der Waals surface area contributed by atoms with E-state index in [9.17, 15) is 9.59 Å². The number of aryl methyl sites for hydroxylation is 1. The van der Waals surface area contributed by atoms with Gasteiger partial charge in [0.1, 0.15) is 6.04 Å². The smallest absolute Gasteiger partial charge is 0.243 e. The van der Waals surface area contributed by atoms with Gasteiger partial charge in [-0.1, -0.05) is 102 Å². The predicted molar refractivity (Wildman–Crippen MR) is 159 cm³/mol. The van der Waals surface area contributed by atoms with Crippen molar-refractivity contribution in [3.05, 3.63) is 105 Å². The van der Waals surface area contributed by atoms with E-state index in [1.165, 1.54) is 11.1 Å². The number of rotatable bonds is 11. The molecule has 200 valence electrons. The Bertz CT molecular complexity index is 1210. The zero-order valence-corrected chi connectivity index (χ0v) is 24.0. The Morgan fingerprint density at radius 2 is 1.61 bits per heavy atom. The lowest BCUT2D eigenvalue weighted by Crippen LogP contribution is -2.52. The zero-order chi connectivity index (χ0) is 26.9. The van der Waals surface area contributed by atoms with Gasteiger partial charge >= 0.3 is 0 Å². The SMILES string of the molecule is Cc1cccc(CSCC(=O)N(Cc2c(Cl)cccc2Cl)[C@H](Cc2ccccc2)C(=O)NC2CCCC2)c1. The van der Waals surface area contributed by atoms with Crippen molar-refractivity contribution < 1.29 is 9.59 Å². The second-order valence-corrected chi connectivity index (χ2v) is 11.7. The van der Waals surface area contributed by atoms with E-state index in [0.29, 0.717) is 27.8 Å². The molecule has 1 N–H and O–H groups in total. The molecule has 0 saturated heterocycles. The standard InChI is InChI=1S/C31H34Cl2N2O2S/c1-22-9-7-12-24(17-22)20-38-21-30(36)35(19-26-27(32)15-8-16-28(26)33)29(18-23-10-3-2-4-11-23)31(37)34-25-13-5-6-14-25/h2-4,7-12,15-17,25,29H,5-6,13-14,18-21H2,1H3,(H,34,37)/t29-/m1/s1. The minimum atomic E-state index is -0.683. The van der Waals surface area contributed by atoms with Crippen LogP contribution in [0.15, 0.2) is 72.8 Å². The van der Waals surface area contributed by atoms with Crippen molar-refractivity contribution in [3.8, 4) is 0 Å². The Morgan fingerprint density at radius 3 is 2.29 bits per heavy atom. The molecule has 0 aromatic heterocycles. The molecule has 4 rings (SSSR count). The summed E-state index contributed by atoms with van der Waals surface area (Å²) in [6, 6.07) is 22.9. The van der Waals surface area contributed by atoms with Crippen LogP contribution in [-0.2, 0) is 28.3 Å². The molecule has 2 amide bonds. The molecule has 0 spiro atoms. The van der Waals surface area contributed by atoms with E-state index >= 15 is 0 Å². The van der Waals surface area contributed by atoms with Crippen LogP contribution in [0.25, 0.3) is 0 Å². The third kappa shape index (κ3) is 8.02. The van der Waals surface area contributed by atoms with Crippen molar-refractivity contribution in [2.75, 3.05) is 5.75 Å². The topological polar surface area (TPSA) is 49.4 Å². The fourth-order valence-electron chi connectivity index (χ4n) is 4.92. The molecular formula is C31H34Cl2N2O2S. The highest BCUT2D eigenvalue weighted by Gasteiger charge is 2.32. The van der Waals surface area contributed by atoms with E-state index in [1.54, 1.807) is 34.9 Å². The van der Waals surface area contributed by atoms with E-state index in [0.717, 1.165) is 31.2 Å². The third-order valence-electron chi connectivity index (χ3n) is 6.94. The summed E-state index contributed by atoms with van der Waals surface area (Å²) in [6.45, 7) is 2.23. The van der Waals surface area contributed by atoms with Crippen LogP contribution in [0.3, 0.4) is 0 Å². The third-order valence-corrected chi connectivity index (χ3v) is 8.64. The van der Waals surface area contributed by atoms with Gasteiger partial charge in [-0.3, -0.25) is 9.59 Å². The number of hydrogen-bond donors (Lipinski definition) is 1. The highest BCUT2D eigenvalue weighted by atomic mass is 35.5. The first-order chi connectivity index (χ1) is 18.4. The predicted octanol–water partition coefficient (Wildman–Crippen LogP) is 7.23. The first kappa shape index (κ1) is 28.5. The molecule has 0 heterocycles. The number of carbonyl (C=O) groups excluding carboxylic acids is 2. The molecule has 3 aromatic carbocycles. The van der Waals surface area contributed by atoms with Gasteiger partial charge in [0.15, 0.2) is 0 Å². The molecule has 3 aromatic rings. The summed E-state index contributed by atoms with van der Waals surface area (Å²) in [4.78, 5) is 29.3. The summed E-state index contributed by atoms with van der Waals surface area (Å²) < 4.78 is 0. The van der Waals surface area contributed by atoms with Crippen molar-refractivity contribution in [2.24, 2.45) is 0 Å². The van der Waals surface area contributed by atoms with Crippen LogP contribution in [0.4, 0.5) is 0 Å². The molecule has 0 aliphatic heterocycles. The summed E-state index contributed by atoms with van der Waals surface area (Å²) in [5.74, 6) is 0.728. The maximum Gasteiger partial charge on any atom is 0.243 e. The van der Waals surface area contributed by atoms with Gasteiger partial charge in [-0.15, -0.1) is 11.8 Å². The maximum absolute atomic E-state index is 13.8. The Balaban J connectivity index is 1.60. The van der Waals surface area contributed by atoms with E-state index in [-0.39, 0.29) is 30.2 Å². The number of nitrogens with one attached hydrogen (secondary N) is 1. The van der Waals surface area contributed by atoms with Crippen LogP contribution >= 0.6 is 35.0 Å². The summed E-state index contributed by atoms with van der Waals surface area (Å²) >= 11 is 14.6. The molecular weight excluding hydrogens is 535 g/mol. The zero-order valence-electron chi connectivity index (χ0n) is 21.7. The molecule has 1 atom stereocenters. The van der Waals surface area contributed by atoms with Gasteiger partial charge in [0.2, 0.25) is 11.8 Å². The minimum absolute atomic E-state index is 0.110. The number of amides is 2. The van der Waals surface area contributed by atoms with Crippen LogP contribution in [0.1, 0.15) is 47.9 Å². The Morgan fingerprint density at radius 1 is 0.947 bits per heavy atom. The van der Waals surface area contributed by atoms with Gasteiger partial charge in [0, 0.05) is 40.4 Å². The molecule has 1 aliphatic carbocycles. The number of nitrogens with zero attached hydrogens (tertiary/aromatic N) is 1. The minimum Gasteiger partial charge on any atom is -0.352 e. The van der Waals surface area contributed by atoms with E-state index in [2.05, 4.69) is 30.4 Å². The van der Waals surface area contributed by atoms with Gasteiger partial charge in [-0.2, -0.15) is 0 Å². The summed E-state index contributed by atoms with van der Waals surface area (Å²) in [5.41, 5.74) is 4.01. The van der Waals surface area contributed by atoms with Crippen molar-refractivity contribution in [1.82, 2.24) is 10.2 Å². The maximum atomic E-state index is 13.8. The van der Waals surface area contributed by atoms with Crippen molar-refractivity contribution >= 4 is 46.8 Å². The molecule has 7 heteroatoms. The van der Waals surface area contributed by atoms with Crippen LogP contribution in [0.2, 0.25) is 10.0 Å². The number of thioether (sulfide) groups is 1. The highest BCUT2D eigenvalue weighted by molar-refractivity contribution is 7.99. The normalized spacial score (nSPS) is 14.3. The van der Waals surface area contributed by atoms with Crippen molar-refractivity contribution in [3.63, 3.8) is 0 Å². The lowest BCUT2D eigenvalue weighted by Gasteiger charge is -2.33. The average molecular weight is 570 g/mol. The van der Waals surface area contributed by atoms with Crippen LogP contribution in [-0.4, -0.2) is 34.6 Å². The summed E-state index contributed by atoms with van der Waals surface area (Å²) in [7, 11) is 0. The van der Waals surface area contributed by atoms with Gasteiger partial charge in [0.05, 0.1) is 5.75 Å². The van der Waals surface area contributed by atoms with Crippen LogP contribution in [0.5, 0.6) is 0 Å². The Kier molecular flexibility index (Phi) is 10.6. The van der Waals surface area contributed by atoms with Crippen molar-refractivity contribution in [2.45, 2.75) is 63.4 Å². The Labute approximate surface area is 240 Å². The van der Waals surface area contributed by atoms with E-state index in [4.69, 9.17) is 23.2 Å². The van der Waals surface area contributed by atoms with Crippen LogP contribution < -0.4 is 5.32 Å². The van der Waals surface area contributed by atoms with Crippen LogP contribution in [0, 0.1) is 6.92 Å². The molecule has 4 nitrogen and oxygen atoms in total. The van der Waals surface area contributed by atoms with Crippen molar-refractivity contribution in [1.29, 1.82) is 0 Å². The molecule has 0 radical (unpaired) electrons. The largest absolute Gasteiger partial charge is 0.352 e. The van der Waals surface area contributed by atoms with E-state index < -0.39 is 6.04 Å². The quantitative estimate of drug-likeness (QED) is 0.265. The van der Waals surface area contributed by atoms with Gasteiger partial charge in [-0.05, 0) is 43.0 Å². The fraction of sp³-hybridized carbons (Fsp3) is 0.355. The second-order valence-electron chi connectivity index (χ2n) is 9.90. The first-order valence-electron chi connectivity index (χ1n) is 13.1. The lowest BCUT2D eigenvalue weighted by atomic mass is 10.0. The highest BCUT2D eigenvalue weighted by Crippen LogP contribution is 2.28. The van der Waals surface area contributed by atoms with Gasteiger partial charge in [0.25, 0.3) is 0 Å². The molecule has 1 saturated carbocycles. The molecule has 0 unspecified atom stereocenters. The summed E-state index contributed by atoms with van der Waals surface area (Å²) in [5, 5.41) is 4.20. The van der Waals surface area contributed by atoms with E-state index in [1.807, 2.05) is 36.4 Å². The molecule has 1 fully saturated rings.